The number of aromatic nitrogens is 4. The van der Waals surface area contributed by atoms with E-state index in [4.69, 9.17) is 0 Å². The summed E-state index contributed by atoms with van der Waals surface area (Å²) >= 11 is 0. The van der Waals surface area contributed by atoms with E-state index in [1.54, 1.807) is 6.07 Å². The minimum Gasteiger partial charge on any atom is -0.311 e. The molecule has 0 atom stereocenters. The second-order valence-electron chi connectivity index (χ2n) is 7.65. The van der Waals surface area contributed by atoms with E-state index < -0.39 is 0 Å². The summed E-state index contributed by atoms with van der Waals surface area (Å²) < 4.78 is 1.39. The Morgan fingerprint density at radius 2 is 1.85 bits per heavy atom. The van der Waals surface area contributed by atoms with Crippen LogP contribution in [0.25, 0.3) is 17.2 Å². The lowest BCUT2D eigenvalue weighted by Gasteiger charge is -2.18. The Kier molecular flexibility index (Phi) is 6.78. The van der Waals surface area contributed by atoms with Crippen LogP contribution in [0.2, 0.25) is 0 Å². The molecule has 7 heteroatoms. The van der Waals surface area contributed by atoms with Crippen LogP contribution in [-0.4, -0.2) is 26.1 Å². The molecule has 0 spiro atoms. The molecule has 0 aliphatic rings. The summed E-state index contributed by atoms with van der Waals surface area (Å²) in [5.74, 6) is 1.05. The fraction of sp³-hybridized carbons (Fsp3) is 0.450. The zero-order chi connectivity index (χ0) is 18.7. The van der Waals surface area contributed by atoms with Gasteiger partial charge in [-0.3, -0.25) is 9.89 Å². The average Bonchev–Trinajstić information content (AvgIpc) is 3.03. The van der Waals surface area contributed by atoms with Crippen LogP contribution in [-0.2, 0) is 12.0 Å². The molecule has 0 aliphatic heterocycles. The number of rotatable bonds is 6. The molecule has 0 amide bonds. The van der Waals surface area contributed by atoms with Crippen molar-refractivity contribution >= 4 is 18.2 Å². The highest BCUT2D eigenvalue weighted by Gasteiger charge is 2.14. The number of benzene rings is 1. The van der Waals surface area contributed by atoms with E-state index in [2.05, 4.69) is 60.2 Å². The molecular weight excluding hydrogens is 362 g/mol. The van der Waals surface area contributed by atoms with E-state index in [1.807, 2.05) is 12.1 Å². The minimum atomic E-state index is -0.146. The summed E-state index contributed by atoms with van der Waals surface area (Å²) in [4.78, 5) is 21.3. The average molecular weight is 390 g/mol. The minimum absolute atomic E-state index is 0. The molecule has 0 saturated heterocycles. The van der Waals surface area contributed by atoms with Crippen molar-refractivity contribution in [3.05, 3.63) is 51.9 Å². The summed E-state index contributed by atoms with van der Waals surface area (Å²) in [6.07, 6.45) is 2.25. The first-order valence-corrected chi connectivity index (χ1v) is 9.19. The van der Waals surface area contributed by atoms with Crippen LogP contribution in [0, 0.1) is 0 Å². The number of halogens is 1. The summed E-state index contributed by atoms with van der Waals surface area (Å²) in [5, 5.41) is 6.36. The van der Waals surface area contributed by atoms with Crippen molar-refractivity contribution in [1.82, 2.24) is 24.9 Å². The third kappa shape index (κ3) is 4.96. The van der Waals surface area contributed by atoms with Gasteiger partial charge in [0.1, 0.15) is 0 Å². The summed E-state index contributed by atoms with van der Waals surface area (Å²) in [7, 11) is 0. The molecule has 1 aromatic carbocycles. The molecule has 2 N–H and O–H groups in total. The van der Waals surface area contributed by atoms with Crippen molar-refractivity contribution in [2.24, 2.45) is 0 Å². The third-order valence-corrected chi connectivity index (χ3v) is 4.42. The first-order valence-electron chi connectivity index (χ1n) is 9.19. The van der Waals surface area contributed by atoms with Crippen LogP contribution < -0.4 is 10.9 Å². The number of nitrogens with zero attached hydrogens (tertiary/aromatic N) is 3. The lowest BCUT2D eigenvalue weighted by molar-refractivity contribution is 0.590. The van der Waals surface area contributed by atoms with E-state index in [-0.39, 0.29) is 23.4 Å². The lowest BCUT2D eigenvalue weighted by Crippen LogP contribution is -2.20. The zero-order valence-electron chi connectivity index (χ0n) is 16.4. The molecule has 6 nitrogen and oxygen atoms in total. The Labute approximate surface area is 165 Å². The monoisotopic (exact) mass is 389 g/mol. The highest BCUT2D eigenvalue weighted by molar-refractivity contribution is 5.85. The largest absolute Gasteiger partial charge is 0.311 e. The second kappa shape index (κ2) is 8.67. The van der Waals surface area contributed by atoms with E-state index >= 15 is 0 Å². The van der Waals surface area contributed by atoms with Crippen LogP contribution >= 0.6 is 12.4 Å². The van der Waals surface area contributed by atoms with Gasteiger partial charge in [0.25, 0.3) is 11.3 Å². The molecule has 0 fully saturated rings. The standard InChI is InChI=1S/C20H27N5O.ClH/c1-5-6-11-21-13-16-12-17(26)25-19(22-16)23-18(24-25)14-7-9-15(10-8-14)20(2,3)4;/h7-10,12,21H,5-6,11,13H2,1-4H3,(H,22,23,24);1H. The first kappa shape index (κ1) is 21.1. The van der Waals surface area contributed by atoms with Crippen LogP contribution in [0.1, 0.15) is 51.8 Å². The smallest absolute Gasteiger partial charge is 0.274 e. The molecule has 0 aliphatic carbocycles. The molecule has 0 unspecified atom stereocenters. The highest BCUT2D eigenvalue weighted by atomic mass is 35.5. The van der Waals surface area contributed by atoms with Gasteiger partial charge in [0.05, 0.1) is 5.69 Å². The summed E-state index contributed by atoms with van der Waals surface area (Å²) in [5.41, 5.74) is 2.86. The fourth-order valence-electron chi connectivity index (χ4n) is 2.79. The second-order valence-corrected chi connectivity index (χ2v) is 7.65. The molecule has 0 radical (unpaired) electrons. The molecule has 2 aromatic heterocycles. The predicted molar refractivity (Wildman–Crippen MR) is 112 cm³/mol. The SMILES string of the molecule is CCCCNCc1cc(=O)n2[nH]c(-c3ccc(C(C)(C)C)cc3)nc2n1.Cl. The van der Waals surface area contributed by atoms with E-state index in [1.165, 1.54) is 10.1 Å². The molecule has 3 rings (SSSR count). The van der Waals surface area contributed by atoms with E-state index in [9.17, 15) is 4.79 Å². The molecule has 0 bridgehead atoms. The Hall–Kier alpha value is -2.18. The maximum atomic E-state index is 12.3. The fourth-order valence-corrected chi connectivity index (χ4v) is 2.79. The van der Waals surface area contributed by atoms with Gasteiger partial charge in [-0.1, -0.05) is 58.4 Å². The highest BCUT2D eigenvalue weighted by Crippen LogP contribution is 2.24. The number of hydrogen-bond donors (Lipinski definition) is 2. The Balaban J connectivity index is 0.00000261. The molecule has 27 heavy (non-hydrogen) atoms. The Morgan fingerprint density at radius 3 is 2.48 bits per heavy atom. The topological polar surface area (TPSA) is 75.1 Å². The van der Waals surface area contributed by atoms with Crippen molar-refractivity contribution in [2.75, 3.05) is 6.54 Å². The summed E-state index contributed by atoms with van der Waals surface area (Å²) in [6, 6.07) is 9.80. The van der Waals surface area contributed by atoms with Crippen molar-refractivity contribution in [2.45, 2.75) is 52.5 Å². The number of aromatic amines is 1. The van der Waals surface area contributed by atoms with Gasteiger partial charge in [0, 0.05) is 18.2 Å². The molecule has 146 valence electrons. The maximum absolute atomic E-state index is 12.3. The van der Waals surface area contributed by atoms with Crippen LogP contribution in [0.5, 0.6) is 0 Å². The van der Waals surface area contributed by atoms with E-state index in [0.717, 1.165) is 24.9 Å². The molecular formula is C20H28ClN5O. The number of nitrogens with one attached hydrogen (secondary N) is 2. The third-order valence-electron chi connectivity index (χ3n) is 4.42. The van der Waals surface area contributed by atoms with Gasteiger partial charge < -0.3 is 5.32 Å². The van der Waals surface area contributed by atoms with Gasteiger partial charge in [0.2, 0.25) is 0 Å². The van der Waals surface area contributed by atoms with Crippen LogP contribution in [0.15, 0.2) is 35.1 Å². The Bertz CT molecular complexity index is 938. The Morgan fingerprint density at radius 1 is 1.15 bits per heavy atom. The van der Waals surface area contributed by atoms with E-state index in [0.29, 0.717) is 23.8 Å². The van der Waals surface area contributed by atoms with Crippen molar-refractivity contribution in [3.63, 3.8) is 0 Å². The van der Waals surface area contributed by atoms with Crippen molar-refractivity contribution in [3.8, 4) is 11.4 Å². The number of unbranched alkanes of at least 4 members (excludes halogenated alkanes) is 1. The molecule has 2 heterocycles. The first-order chi connectivity index (χ1) is 12.4. The maximum Gasteiger partial charge on any atom is 0.274 e. The molecule has 0 saturated carbocycles. The quantitative estimate of drug-likeness (QED) is 0.630. The van der Waals surface area contributed by atoms with Crippen LogP contribution in [0.3, 0.4) is 0 Å². The zero-order valence-corrected chi connectivity index (χ0v) is 17.2. The van der Waals surface area contributed by atoms with Gasteiger partial charge in [-0.2, -0.15) is 9.50 Å². The van der Waals surface area contributed by atoms with Gasteiger partial charge in [0.15, 0.2) is 5.82 Å². The number of fused-ring (bicyclic) bond motifs is 1. The normalized spacial score (nSPS) is 11.6. The van der Waals surface area contributed by atoms with Gasteiger partial charge in [-0.25, -0.2) is 4.98 Å². The van der Waals surface area contributed by atoms with Gasteiger partial charge >= 0.3 is 0 Å². The summed E-state index contributed by atoms with van der Waals surface area (Å²) in [6.45, 7) is 10.2. The molecule has 3 aromatic rings. The van der Waals surface area contributed by atoms with Gasteiger partial charge in [-0.15, -0.1) is 12.4 Å². The number of hydrogen-bond acceptors (Lipinski definition) is 4. The predicted octanol–water partition coefficient (Wildman–Crippen LogP) is 3.69. The lowest BCUT2D eigenvalue weighted by atomic mass is 9.87. The van der Waals surface area contributed by atoms with Crippen molar-refractivity contribution in [1.29, 1.82) is 0 Å². The van der Waals surface area contributed by atoms with Crippen molar-refractivity contribution < 1.29 is 0 Å². The van der Waals surface area contributed by atoms with Gasteiger partial charge in [-0.05, 0) is 23.9 Å². The number of H-pyrrole nitrogens is 1. The van der Waals surface area contributed by atoms with Crippen LogP contribution in [0.4, 0.5) is 0 Å².